The van der Waals surface area contributed by atoms with Crippen molar-refractivity contribution >= 4 is 38.3 Å². The van der Waals surface area contributed by atoms with Crippen molar-refractivity contribution in [2.45, 2.75) is 17.7 Å². The van der Waals surface area contributed by atoms with Gasteiger partial charge in [-0.2, -0.15) is 0 Å². The molecular weight excluding hydrogens is 390 g/mol. The van der Waals surface area contributed by atoms with Crippen LogP contribution in [0.5, 0.6) is 0 Å². The molecule has 3 aromatic rings. The van der Waals surface area contributed by atoms with Crippen molar-refractivity contribution in [3.63, 3.8) is 0 Å². The molecule has 0 aliphatic rings. The summed E-state index contributed by atoms with van der Waals surface area (Å²) in [5.74, 6) is -0.755. The summed E-state index contributed by atoms with van der Waals surface area (Å²) in [6.45, 7) is -0.0270. The molecule has 0 radical (unpaired) electrons. The molecule has 3 rings (SSSR count). The summed E-state index contributed by atoms with van der Waals surface area (Å²) >= 11 is 0. The maximum absolute atomic E-state index is 12.5. The fraction of sp³-hybridized carbons (Fsp3) is 0.143. The first-order valence-corrected chi connectivity index (χ1v) is 10.5. The Hall–Kier alpha value is -3.23. The van der Waals surface area contributed by atoms with Crippen LogP contribution in [-0.4, -0.2) is 26.8 Å². The highest BCUT2D eigenvalue weighted by Gasteiger charge is 2.14. The van der Waals surface area contributed by atoms with Crippen LogP contribution in [0.2, 0.25) is 0 Å². The van der Waals surface area contributed by atoms with E-state index in [-0.39, 0.29) is 30.2 Å². The third-order valence-electron chi connectivity index (χ3n) is 4.29. The van der Waals surface area contributed by atoms with Crippen molar-refractivity contribution in [3.8, 4) is 0 Å². The minimum absolute atomic E-state index is 0.0180. The highest BCUT2D eigenvalue weighted by molar-refractivity contribution is 7.89. The predicted octanol–water partition coefficient (Wildman–Crippen LogP) is 2.17. The molecule has 0 aliphatic heterocycles. The Morgan fingerprint density at radius 2 is 1.59 bits per heavy atom. The molecule has 150 valence electrons. The number of amides is 2. The molecule has 7 nitrogen and oxygen atoms in total. The van der Waals surface area contributed by atoms with E-state index in [1.807, 2.05) is 24.3 Å². The van der Waals surface area contributed by atoms with Gasteiger partial charge in [0.15, 0.2) is 0 Å². The topological polar surface area (TPSA) is 118 Å². The average molecular weight is 411 g/mol. The number of hydrogen-bond donors (Lipinski definition) is 3. The summed E-state index contributed by atoms with van der Waals surface area (Å²) < 4.78 is 27.4. The Kier molecular flexibility index (Phi) is 6.26. The zero-order valence-electron chi connectivity index (χ0n) is 15.6. The highest BCUT2D eigenvalue weighted by atomic mass is 32.2. The lowest BCUT2D eigenvalue weighted by Crippen LogP contribution is -2.27. The first kappa shape index (κ1) is 20.5. The molecule has 2 amide bonds. The predicted molar refractivity (Wildman–Crippen MR) is 112 cm³/mol. The number of carbonyl (C=O) groups excluding carboxylic acids is 2. The van der Waals surface area contributed by atoms with E-state index in [0.717, 1.165) is 16.3 Å². The smallest absolute Gasteiger partial charge is 0.240 e. The summed E-state index contributed by atoms with van der Waals surface area (Å²) in [6, 6.07) is 19.1. The standard InChI is InChI=1S/C21H21N3O4S/c22-20(25)13-15-5-8-18(9-6-15)24-21(26)11-12-23-29(27,28)19-10-7-16-3-1-2-4-17(16)14-19/h1-10,14,23H,11-13H2,(H2,22,25)(H,24,26). The Labute approximate surface area is 169 Å². The van der Waals surface area contributed by atoms with Gasteiger partial charge < -0.3 is 11.1 Å². The molecule has 0 aromatic heterocycles. The van der Waals surface area contributed by atoms with Crippen LogP contribution in [0.3, 0.4) is 0 Å². The lowest BCUT2D eigenvalue weighted by atomic mass is 10.1. The second-order valence-electron chi connectivity index (χ2n) is 6.54. The third kappa shape index (κ3) is 5.63. The number of nitrogens with one attached hydrogen (secondary N) is 2. The average Bonchev–Trinajstić information content (AvgIpc) is 2.68. The molecule has 0 bridgehead atoms. The summed E-state index contributed by atoms with van der Waals surface area (Å²) in [5.41, 5.74) is 6.44. The van der Waals surface area contributed by atoms with Gasteiger partial charge in [0.2, 0.25) is 21.8 Å². The van der Waals surface area contributed by atoms with Crippen molar-refractivity contribution in [3.05, 3.63) is 72.3 Å². The molecule has 8 heteroatoms. The van der Waals surface area contributed by atoms with Crippen LogP contribution in [-0.2, 0) is 26.0 Å². The van der Waals surface area contributed by atoms with Gasteiger partial charge in [-0.25, -0.2) is 13.1 Å². The number of rotatable bonds is 8. The molecule has 0 saturated carbocycles. The molecular formula is C21H21N3O4S. The van der Waals surface area contributed by atoms with Crippen molar-refractivity contribution in [1.29, 1.82) is 0 Å². The van der Waals surface area contributed by atoms with Gasteiger partial charge in [0.05, 0.1) is 11.3 Å². The first-order valence-electron chi connectivity index (χ1n) is 8.99. The SMILES string of the molecule is NC(=O)Cc1ccc(NC(=O)CCNS(=O)(=O)c2ccc3ccccc3c2)cc1. The van der Waals surface area contributed by atoms with Gasteiger partial charge >= 0.3 is 0 Å². The summed E-state index contributed by atoms with van der Waals surface area (Å²) in [6.07, 6.45) is 0.112. The number of benzene rings is 3. The van der Waals surface area contributed by atoms with Gasteiger partial charge in [0.1, 0.15) is 0 Å². The van der Waals surface area contributed by atoms with Gasteiger partial charge in [0.25, 0.3) is 0 Å². The minimum Gasteiger partial charge on any atom is -0.369 e. The van der Waals surface area contributed by atoms with Crippen LogP contribution in [0, 0.1) is 0 Å². The molecule has 29 heavy (non-hydrogen) atoms. The highest BCUT2D eigenvalue weighted by Crippen LogP contribution is 2.18. The molecule has 0 atom stereocenters. The van der Waals surface area contributed by atoms with Crippen LogP contribution in [0.15, 0.2) is 71.6 Å². The van der Waals surface area contributed by atoms with E-state index in [0.29, 0.717) is 5.69 Å². The quantitative estimate of drug-likeness (QED) is 0.526. The van der Waals surface area contributed by atoms with E-state index in [1.54, 1.807) is 42.5 Å². The molecule has 4 N–H and O–H groups in total. The van der Waals surface area contributed by atoms with Crippen LogP contribution in [0.25, 0.3) is 10.8 Å². The van der Waals surface area contributed by atoms with Crippen LogP contribution in [0.4, 0.5) is 5.69 Å². The fourth-order valence-electron chi connectivity index (χ4n) is 2.85. The lowest BCUT2D eigenvalue weighted by Gasteiger charge is -2.09. The Morgan fingerprint density at radius 3 is 2.28 bits per heavy atom. The number of carbonyl (C=O) groups is 2. The van der Waals surface area contributed by atoms with Gasteiger partial charge in [-0.3, -0.25) is 9.59 Å². The van der Waals surface area contributed by atoms with Crippen LogP contribution < -0.4 is 15.8 Å². The molecule has 0 saturated heterocycles. The summed E-state index contributed by atoms with van der Waals surface area (Å²) in [7, 11) is -3.71. The lowest BCUT2D eigenvalue weighted by molar-refractivity contribution is -0.117. The van der Waals surface area contributed by atoms with Crippen molar-refractivity contribution in [2.24, 2.45) is 5.73 Å². The monoisotopic (exact) mass is 411 g/mol. The van der Waals surface area contributed by atoms with Gasteiger partial charge in [-0.15, -0.1) is 0 Å². The molecule has 0 spiro atoms. The van der Waals surface area contributed by atoms with E-state index in [4.69, 9.17) is 5.73 Å². The zero-order chi connectivity index (χ0) is 20.9. The molecule has 0 fully saturated rings. The van der Waals surface area contributed by atoms with Crippen LogP contribution >= 0.6 is 0 Å². The number of primary amides is 1. The van der Waals surface area contributed by atoms with Crippen LogP contribution in [0.1, 0.15) is 12.0 Å². The minimum atomic E-state index is -3.71. The maximum atomic E-state index is 12.5. The van der Waals surface area contributed by atoms with Gasteiger partial charge in [0, 0.05) is 18.7 Å². The van der Waals surface area contributed by atoms with Crippen molar-refractivity contribution in [2.75, 3.05) is 11.9 Å². The molecule has 0 heterocycles. The molecule has 3 aromatic carbocycles. The van der Waals surface area contributed by atoms with E-state index in [9.17, 15) is 18.0 Å². The summed E-state index contributed by atoms with van der Waals surface area (Å²) in [4.78, 5) is 23.1. The van der Waals surface area contributed by atoms with E-state index in [1.165, 1.54) is 0 Å². The van der Waals surface area contributed by atoms with E-state index < -0.39 is 15.9 Å². The van der Waals surface area contributed by atoms with E-state index in [2.05, 4.69) is 10.0 Å². The second kappa shape index (κ2) is 8.85. The van der Waals surface area contributed by atoms with Gasteiger partial charge in [-0.1, -0.05) is 42.5 Å². The third-order valence-corrected chi connectivity index (χ3v) is 5.75. The molecule has 0 aliphatic carbocycles. The maximum Gasteiger partial charge on any atom is 0.240 e. The Balaban J connectivity index is 1.54. The number of hydrogen-bond acceptors (Lipinski definition) is 4. The Bertz CT molecular complexity index is 1140. The zero-order valence-corrected chi connectivity index (χ0v) is 16.4. The number of sulfonamides is 1. The Morgan fingerprint density at radius 1 is 0.897 bits per heavy atom. The molecule has 0 unspecified atom stereocenters. The number of anilines is 1. The number of fused-ring (bicyclic) bond motifs is 1. The summed E-state index contributed by atoms with van der Waals surface area (Å²) in [5, 5.41) is 4.46. The normalized spacial score (nSPS) is 11.3. The largest absolute Gasteiger partial charge is 0.369 e. The van der Waals surface area contributed by atoms with Crippen molar-refractivity contribution < 1.29 is 18.0 Å². The first-order chi connectivity index (χ1) is 13.8. The van der Waals surface area contributed by atoms with E-state index >= 15 is 0 Å². The second-order valence-corrected chi connectivity index (χ2v) is 8.31. The number of nitrogens with two attached hydrogens (primary N) is 1. The fourth-order valence-corrected chi connectivity index (χ4v) is 3.91. The van der Waals surface area contributed by atoms with Gasteiger partial charge in [-0.05, 0) is 40.6 Å². The van der Waals surface area contributed by atoms with Crippen molar-refractivity contribution in [1.82, 2.24) is 4.72 Å².